The minimum Gasteiger partial charge on any atom is -0.392 e. The van der Waals surface area contributed by atoms with Crippen LogP contribution < -0.4 is 0 Å². The number of aryl methyl sites for hydroxylation is 1. The van der Waals surface area contributed by atoms with Gasteiger partial charge in [-0.15, -0.1) is 0 Å². The summed E-state index contributed by atoms with van der Waals surface area (Å²) in [5.41, 5.74) is 2.29. The van der Waals surface area contributed by atoms with Crippen molar-refractivity contribution in [3.05, 3.63) is 83.9 Å². The largest absolute Gasteiger partial charge is 0.392 e. The predicted octanol–water partition coefficient (Wildman–Crippen LogP) is 3.35. The van der Waals surface area contributed by atoms with Crippen LogP contribution in [0.5, 0.6) is 0 Å². The van der Waals surface area contributed by atoms with Gasteiger partial charge >= 0.3 is 0 Å². The molecule has 2 N–H and O–H groups in total. The lowest BCUT2D eigenvalue weighted by atomic mass is 9.87. The van der Waals surface area contributed by atoms with Gasteiger partial charge in [-0.1, -0.05) is 72.8 Å². The highest BCUT2D eigenvalue weighted by Gasteiger charge is 2.39. The summed E-state index contributed by atoms with van der Waals surface area (Å²) < 4.78 is 0. The lowest BCUT2D eigenvalue weighted by Gasteiger charge is -2.18. The Morgan fingerprint density at radius 1 is 1.00 bits per heavy atom. The Hall–Kier alpha value is -2.23. The molecular formula is C23H26O3. The average Bonchev–Trinajstić information content (AvgIpc) is 2.93. The first-order valence-corrected chi connectivity index (χ1v) is 9.28. The lowest BCUT2D eigenvalue weighted by molar-refractivity contribution is -0.121. The van der Waals surface area contributed by atoms with Crippen LogP contribution in [0.1, 0.15) is 24.0 Å². The molecule has 0 bridgehead atoms. The van der Waals surface area contributed by atoms with Crippen LogP contribution >= 0.6 is 0 Å². The van der Waals surface area contributed by atoms with Crippen LogP contribution in [-0.2, 0) is 17.6 Å². The van der Waals surface area contributed by atoms with E-state index >= 15 is 0 Å². The molecular weight excluding hydrogens is 324 g/mol. The molecule has 0 saturated heterocycles. The van der Waals surface area contributed by atoms with Crippen LogP contribution in [0.15, 0.2) is 72.8 Å². The van der Waals surface area contributed by atoms with Crippen molar-refractivity contribution in [2.45, 2.75) is 37.9 Å². The van der Waals surface area contributed by atoms with Crippen LogP contribution in [-0.4, -0.2) is 28.2 Å². The molecule has 0 amide bonds. The number of hydrogen-bond acceptors (Lipinski definition) is 3. The first-order valence-electron chi connectivity index (χ1n) is 9.28. The summed E-state index contributed by atoms with van der Waals surface area (Å²) in [5, 5.41) is 20.5. The topological polar surface area (TPSA) is 57.5 Å². The van der Waals surface area contributed by atoms with Gasteiger partial charge in [-0.3, -0.25) is 4.79 Å². The second-order valence-electron chi connectivity index (χ2n) is 7.09. The zero-order chi connectivity index (χ0) is 18.4. The van der Waals surface area contributed by atoms with Crippen LogP contribution in [0.4, 0.5) is 0 Å². The molecule has 1 aliphatic carbocycles. The van der Waals surface area contributed by atoms with E-state index in [0.717, 1.165) is 12.0 Å². The first kappa shape index (κ1) is 18.6. The molecule has 26 heavy (non-hydrogen) atoms. The smallest absolute Gasteiger partial charge is 0.139 e. The minimum absolute atomic E-state index is 0.106. The monoisotopic (exact) mass is 350 g/mol. The Morgan fingerprint density at radius 2 is 1.62 bits per heavy atom. The number of hydrogen-bond donors (Lipinski definition) is 2. The number of aliphatic hydroxyl groups excluding tert-OH is 2. The highest BCUT2D eigenvalue weighted by molar-refractivity contribution is 5.85. The second kappa shape index (κ2) is 8.93. The molecule has 1 fully saturated rings. The number of carbonyl (C=O) groups excluding carboxylic acids is 1. The predicted molar refractivity (Wildman–Crippen MR) is 103 cm³/mol. The Labute approximate surface area is 155 Å². The summed E-state index contributed by atoms with van der Waals surface area (Å²) in [4.78, 5) is 12.3. The third-order valence-corrected chi connectivity index (χ3v) is 5.16. The van der Waals surface area contributed by atoms with Gasteiger partial charge in [0.15, 0.2) is 0 Å². The SMILES string of the molecule is O=C1C[C@@H](O)[C@H](/C=C/[C@@H](O)CCc2ccccc2)[C@H]1Cc1ccccc1. The highest BCUT2D eigenvalue weighted by Crippen LogP contribution is 2.33. The molecule has 0 spiro atoms. The van der Waals surface area contributed by atoms with Gasteiger partial charge in [0.25, 0.3) is 0 Å². The van der Waals surface area contributed by atoms with Crippen LogP contribution in [0.25, 0.3) is 0 Å². The van der Waals surface area contributed by atoms with Gasteiger partial charge < -0.3 is 10.2 Å². The van der Waals surface area contributed by atoms with Gasteiger partial charge in [-0.2, -0.15) is 0 Å². The number of benzene rings is 2. The summed E-state index contributed by atoms with van der Waals surface area (Å²) in [6.07, 6.45) is 4.61. The number of carbonyl (C=O) groups is 1. The van der Waals surface area contributed by atoms with Crippen molar-refractivity contribution in [1.82, 2.24) is 0 Å². The van der Waals surface area contributed by atoms with Crippen molar-refractivity contribution in [3.63, 3.8) is 0 Å². The number of Topliss-reactive ketones (excluding diaryl/α,β-unsaturated/α-hetero) is 1. The van der Waals surface area contributed by atoms with E-state index in [1.807, 2.05) is 66.7 Å². The van der Waals surface area contributed by atoms with Crippen molar-refractivity contribution >= 4 is 5.78 Å². The summed E-state index contributed by atoms with van der Waals surface area (Å²) >= 11 is 0. The van der Waals surface area contributed by atoms with Crippen LogP contribution in [0.2, 0.25) is 0 Å². The fraction of sp³-hybridized carbons (Fsp3) is 0.348. The summed E-state index contributed by atoms with van der Waals surface area (Å²) in [6.45, 7) is 0. The van der Waals surface area contributed by atoms with Crippen molar-refractivity contribution in [2.75, 3.05) is 0 Å². The molecule has 3 heteroatoms. The third-order valence-electron chi connectivity index (χ3n) is 5.16. The van der Waals surface area contributed by atoms with E-state index in [-0.39, 0.29) is 24.0 Å². The Morgan fingerprint density at radius 3 is 2.27 bits per heavy atom. The maximum Gasteiger partial charge on any atom is 0.139 e. The van der Waals surface area contributed by atoms with Gasteiger partial charge in [0, 0.05) is 18.3 Å². The lowest BCUT2D eigenvalue weighted by Crippen LogP contribution is -2.21. The normalized spacial score (nSPS) is 24.2. The zero-order valence-corrected chi connectivity index (χ0v) is 14.9. The average molecular weight is 350 g/mol. The van der Waals surface area contributed by atoms with Crippen molar-refractivity contribution < 1.29 is 15.0 Å². The molecule has 0 heterocycles. The van der Waals surface area contributed by atoms with Crippen LogP contribution in [0, 0.1) is 11.8 Å². The van der Waals surface area contributed by atoms with E-state index in [0.29, 0.717) is 12.8 Å². The summed E-state index contributed by atoms with van der Waals surface area (Å²) in [6, 6.07) is 19.9. The zero-order valence-electron chi connectivity index (χ0n) is 14.9. The van der Waals surface area contributed by atoms with E-state index in [1.165, 1.54) is 5.56 Å². The fourth-order valence-corrected chi connectivity index (χ4v) is 3.67. The number of ketones is 1. The Bertz CT molecular complexity index is 724. The van der Waals surface area contributed by atoms with Gasteiger partial charge in [-0.25, -0.2) is 0 Å². The van der Waals surface area contributed by atoms with Gasteiger partial charge in [0.2, 0.25) is 0 Å². The van der Waals surface area contributed by atoms with Gasteiger partial charge in [0.1, 0.15) is 5.78 Å². The molecule has 0 unspecified atom stereocenters. The van der Waals surface area contributed by atoms with Gasteiger partial charge in [-0.05, 0) is 30.4 Å². The fourth-order valence-electron chi connectivity index (χ4n) is 3.67. The van der Waals surface area contributed by atoms with E-state index in [4.69, 9.17) is 0 Å². The molecule has 1 aliphatic rings. The number of aliphatic hydroxyl groups is 2. The molecule has 2 aromatic carbocycles. The Balaban J connectivity index is 1.60. The van der Waals surface area contributed by atoms with E-state index in [9.17, 15) is 15.0 Å². The maximum absolute atomic E-state index is 12.3. The molecule has 1 saturated carbocycles. The second-order valence-corrected chi connectivity index (χ2v) is 7.09. The molecule has 3 nitrogen and oxygen atoms in total. The number of rotatable bonds is 7. The molecule has 0 radical (unpaired) electrons. The van der Waals surface area contributed by atoms with Gasteiger partial charge in [0.05, 0.1) is 12.2 Å². The quantitative estimate of drug-likeness (QED) is 0.753. The van der Waals surface area contributed by atoms with Crippen molar-refractivity contribution in [1.29, 1.82) is 0 Å². The molecule has 2 aromatic rings. The Kier molecular flexibility index (Phi) is 6.37. The molecule has 4 atom stereocenters. The molecule has 136 valence electrons. The minimum atomic E-state index is -0.659. The first-order chi connectivity index (χ1) is 12.6. The standard InChI is InChI=1S/C23H26O3/c24-19(12-11-17-7-3-1-4-8-17)13-14-20-21(23(26)16-22(20)25)15-18-9-5-2-6-10-18/h1-10,13-14,19-22,24-25H,11-12,15-16H2/b14-13+/t19-,20+,21+,22+/m0/s1. The van der Waals surface area contributed by atoms with Crippen molar-refractivity contribution in [3.8, 4) is 0 Å². The third kappa shape index (κ3) is 4.90. The maximum atomic E-state index is 12.3. The molecule has 0 aliphatic heterocycles. The van der Waals surface area contributed by atoms with Crippen LogP contribution in [0.3, 0.4) is 0 Å². The van der Waals surface area contributed by atoms with E-state index in [1.54, 1.807) is 6.08 Å². The molecule has 3 rings (SSSR count). The highest BCUT2D eigenvalue weighted by atomic mass is 16.3. The summed E-state index contributed by atoms with van der Waals surface area (Å²) in [5.74, 6) is -0.339. The van der Waals surface area contributed by atoms with Crippen molar-refractivity contribution in [2.24, 2.45) is 11.8 Å². The van der Waals surface area contributed by atoms with E-state index in [2.05, 4.69) is 0 Å². The van der Waals surface area contributed by atoms with E-state index < -0.39 is 12.2 Å². The summed E-state index contributed by atoms with van der Waals surface area (Å²) in [7, 11) is 0. The molecule has 0 aromatic heterocycles.